The zero-order valence-electron chi connectivity index (χ0n) is 27.3. The van der Waals surface area contributed by atoms with Crippen molar-refractivity contribution in [1.29, 1.82) is 0 Å². The van der Waals surface area contributed by atoms with Gasteiger partial charge in [0.15, 0.2) is 5.82 Å². The number of benzene rings is 1. The fraction of sp³-hybridized carbons (Fsp3) is 0.500. The summed E-state index contributed by atoms with van der Waals surface area (Å²) < 4.78 is 5.87. The molecule has 4 aliphatic heterocycles. The fourth-order valence-corrected chi connectivity index (χ4v) is 7.98. The van der Waals surface area contributed by atoms with E-state index in [1.165, 1.54) is 11.8 Å². The molecule has 2 amide bonds. The number of hydrogen-bond donors (Lipinski definition) is 4. The Morgan fingerprint density at radius 3 is 2.54 bits per heavy atom. The van der Waals surface area contributed by atoms with Gasteiger partial charge in [-0.2, -0.15) is 0 Å². The largest absolute Gasteiger partial charge is 0.381 e. The monoisotopic (exact) mass is 672 g/mol. The Labute approximate surface area is 285 Å². The lowest BCUT2D eigenvalue weighted by atomic mass is 9.73. The van der Waals surface area contributed by atoms with Crippen molar-refractivity contribution in [3.05, 3.63) is 54.4 Å². The second-order valence-electron chi connectivity index (χ2n) is 13.3. The summed E-state index contributed by atoms with van der Waals surface area (Å²) in [6, 6.07) is 11.8. The third-order valence-corrected chi connectivity index (χ3v) is 11.3. The molecule has 1 aromatic carbocycles. The van der Waals surface area contributed by atoms with Crippen LogP contribution in [0.2, 0.25) is 0 Å². The molecule has 4 fully saturated rings. The topological polar surface area (TPSA) is 168 Å². The number of hydrogen-bond acceptors (Lipinski definition) is 13. The SMILES string of the molecule is C[C@@H]1OCC2(CCN(c3cnc(Sc4ccnc(N5CCN(Cc6ccccc6NC6CCC(=O)NC6=O)CC5)c4)c(N)n3)CC2)[C@@H]1N. The molecular weight excluding hydrogens is 629 g/mol. The van der Waals surface area contributed by atoms with Crippen LogP contribution in [0.3, 0.4) is 0 Å². The van der Waals surface area contributed by atoms with Gasteiger partial charge in [-0.1, -0.05) is 30.0 Å². The third-order valence-electron chi connectivity index (χ3n) is 10.3. The summed E-state index contributed by atoms with van der Waals surface area (Å²) in [6.07, 6.45) is 6.55. The number of imide groups is 1. The van der Waals surface area contributed by atoms with Crippen LogP contribution < -0.4 is 31.9 Å². The maximum absolute atomic E-state index is 12.3. The number of ether oxygens (including phenoxy) is 1. The summed E-state index contributed by atoms with van der Waals surface area (Å²) in [7, 11) is 0. The highest BCUT2D eigenvalue weighted by Crippen LogP contribution is 2.42. The number of nitrogen functional groups attached to an aromatic ring is 1. The first kappa shape index (κ1) is 32.6. The molecule has 6 heterocycles. The Bertz CT molecular complexity index is 1640. The summed E-state index contributed by atoms with van der Waals surface area (Å²) >= 11 is 1.50. The number of amides is 2. The number of carbonyl (C=O) groups is 2. The smallest absolute Gasteiger partial charge is 0.249 e. The van der Waals surface area contributed by atoms with Crippen molar-refractivity contribution in [2.75, 3.05) is 66.7 Å². The van der Waals surface area contributed by atoms with E-state index >= 15 is 0 Å². The number of carbonyl (C=O) groups excluding carboxylic acids is 2. The summed E-state index contributed by atoms with van der Waals surface area (Å²) in [5, 5.41) is 6.47. The molecule has 2 aromatic heterocycles. The Morgan fingerprint density at radius 2 is 1.81 bits per heavy atom. The molecule has 7 rings (SSSR count). The lowest BCUT2D eigenvalue weighted by Crippen LogP contribution is -2.50. The molecule has 4 aliphatic rings. The lowest BCUT2D eigenvalue weighted by Gasteiger charge is -2.41. The molecule has 1 unspecified atom stereocenters. The minimum absolute atomic E-state index is 0.0542. The molecule has 48 heavy (non-hydrogen) atoms. The molecule has 254 valence electrons. The Balaban J connectivity index is 0.927. The van der Waals surface area contributed by atoms with E-state index in [0.717, 1.165) is 93.0 Å². The number of piperazine rings is 1. The van der Waals surface area contributed by atoms with Crippen LogP contribution in [0.4, 0.5) is 23.1 Å². The zero-order valence-corrected chi connectivity index (χ0v) is 28.1. The fourth-order valence-electron chi connectivity index (χ4n) is 7.21. The minimum atomic E-state index is -0.407. The second-order valence-corrected chi connectivity index (χ2v) is 14.4. The first-order chi connectivity index (χ1) is 23.3. The van der Waals surface area contributed by atoms with Crippen LogP contribution in [-0.4, -0.2) is 95.7 Å². The van der Waals surface area contributed by atoms with Crippen molar-refractivity contribution in [3.8, 4) is 0 Å². The molecule has 4 saturated heterocycles. The van der Waals surface area contributed by atoms with Crippen LogP contribution in [0.1, 0.15) is 38.2 Å². The molecule has 3 atom stereocenters. The van der Waals surface area contributed by atoms with Gasteiger partial charge in [0.1, 0.15) is 22.7 Å². The van der Waals surface area contributed by atoms with Gasteiger partial charge in [-0.15, -0.1) is 0 Å². The molecule has 1 spiro atoms. The van der Waals surface area contributed by atoms with E-state index in [9.17, 15) is 9.59 Å². The van der Waals surface area contributed by atoms with Gasteiger partial charge >= 0.3 is 0 Å². The van der Waals surface area contributed by atoms with Crippen LogP contribution >= 0.6 is 11.8 Å². The number of nitrogens with one attached hydrogen (secondary N) is 2. The van der Waals surface area contributed by atoms with Gasteiger partial charge in [-0.25, -0.2) is 15.0 Å². The van der Waals surface area contributed by atoms with E-state index in [0.29, 0.717) is 23.7 Å². The quantitative estimate of drug-likeness (QED) is 0.258. The molecule has 0 bridgehead atoms. The van der Waals surface area contributed by atoms with E-state index < -0.39 is 6.04 Å². The number of para-hydroxylation sites is 1. The number of aromatic nitrogens is 3. The Kier molecular flexibility index (Phi) is 9.40. The number of nitrogens with two attached hydrogens (primary N) is 2. The molecule has 0 saturated carbocycles. The van der Waals surface area contributed by atoms with Gasteiger partial charge in [-0.05, 0) is 49.9 Å². The molecule has 13 nitrogen and oxygen atoms in total. The van der Waals surface area contributed by atoms with Crippen molar-refractivity contribution in [2.24, 2.45) is 11.1 Å². The van der Waals surface area contributed by atoms with Crippen molar-refractivity contribution in [3.63, 3.8) is 0 Å². The molecule has 14 heteroatoms. The van der Waals surface area contributed by atoms with Crippen molar-refractivity contribution < 1.29 is 14.3 Å². The van der Waals surface area contributed by atoms with Crippen LogP contribution in [-0.2, 0) is 20.9 Å². The second kappa shape index (κ2) is 13.9. The standard InChI is InChI=1S/C34H44N10O3S/c1-22-30(35)34(21-47-22)9-12-43(13-10-34)28-19-38-33(31(36)40-28)48-24-8-11-37-27(18-24)44-16-14-42(15-17-44)20-23-4-2-3-5-25(23)39-26-6-7-29(45)41-32(26)46/h2-5,8,11,18-19,22,26,30,39H,6-7,9-10,12-17,20-21,35H2,1H3,(H2,36,40)(H,41,45,46)/t22-,26?,30+/m0/s1. The Morgan fingerprint density at radius 1 is 1.04 bits per heavy atom. The number of pyridine rings is 1. The van der Waals surface area contributed by atoms with E-state index in [1.54, 1.807) is 0 Å². The normalized spacial score (nSPS) is 24.6. The van der Waals surface area contributed by atoms with Gasteiger partial charge in [-0.3, -0.25) is 19.8 Å². The number of nitrogens with zero attached hydrogens (tertiary/aromatic N) is 6. The van der Waals surface area contributed by atoms with E-state index in [1.807, 2.05) is 36.7 Å². The highest BCUT2D eigenvalue weighted by atomic mass is 32.2. The molecule has 0 aliphatic carbocycles. The first-order valence-electron chi connectivity index (χ1n) is 16.8. The van der Waals surface area contributed by atoms with Crippen LogP contribution in [0, 0.1) is 5.41 Å². The van der Waals surface area contributed by atoms with Crippen LogP contribution in [0.25, 0.3) is 0 Å². The van der Waals surface area contributed by atoms with E-state index in [2.05, 4.69) is 49.4 Å². The summed E-state index contributed by atoms with van der Waals surface area (Å²) in [6.45, 7) is 8.71. The van der Waals surface area contributed by atoms with Gasteiger partial charge in [0.05, 0.1) is 18.9 Å². The van der Waals surface area contributed by atoms with Gasteiger partial charge < -0.3 is 31.3 Å². The van der Waals surface area contributed by atoms with Gasteiger partial charge in [0.2, 0.25) is 11.8 Å². The number of rotatable bonds is 8. The maximum Gasteiger partial charge on any atom is 0.249 e. The maximum atomic E-state index is 12.3. The molecule has 6 N–H and O–H groups in total. The third kappa shape index (κ3) is 6.93. The number of anilines is 4. The van der Waals surface area contributed by atoms with Gasteiger partial charge in [0.25, 0.3) is 0 Å². The predicted octanol–water partition coefficient (Wildman–Crippen LogP) is 2.48. The Hall–Kier alpha value is -3.98. The average Bonchev–Trinajstić information content (AvgIpc) is 3.37. The van der Waals surface area contributed by atoms with E-state index in [-0.39, 0.29) is 29.4 Å². The van der Waals surface area contributed by atoms with Gasteiger partial charge in [0, 0.05) is 80.5 Å². The lowest BCUT2D eigenvalue weighted by molar-refractivity contribution is -0.133. The van der Waals surface area contributed by atoms with Crippen LogP contribution in [0.5, 0.6) is 0 Å². The predicted molar refractivity (Wildman–Crippen MR) is 186 cm³/mol. The summed E-state index contributed by atoms with van der Waals surface area (Å²) in [5.74, 6) is 1.67. The first-order valence-corrected chi connectivity index (χ1v) is 17.6. The van der Waals surface area contributed by atoms with E-state index in [4.69, 9.17) is 26.2 Å². The summed E-state index contributed by atoms with van der Waals surface area (Å²) in [4.78, 5) is 46.0. The highest BCUT2D eigenvalue weighted by molar-refractivity contribution is 7.99. The van der Waals surface area contributed by atoms with Crippen molar-refractivity contribution in [1.82, 2.24) is 25.2 Å². The highest BCUT2D eigenvalue weighted by Gasteiger charge is 2.47. The minimum Gasteiger partial charge on any atom is -0.381 e. The zero-order chi connectivity index (χ0) is 33.3. The molecule has 0 radical (unpaired) electrons. The van der Waals surface area contributed by atoms with Crippen molar-refractivity contribution >= 4 is 46.7 Å². The average molecular weight is 673 g/mol. The molecular formula is C34H44N10O3S. The summed E-state index contributed by atoms with van der Waals surface area (Å²) in [5.41, 5.74) is 15.0. The van der Waals surface area contributed by atoms with Crippen LogP contribution in [0.15, 0.2) is 58.7 Å². The molecule has 3 aromatic rings. The number of piperidine rings is 2. The van der Waals surface area contributed by atoms with Crippen molar-refractivity contribution in [2.45, 2.75) is 67.3 Å².